The van der Waals surface area contributed by atoms with Gasteiger partial charge in [-0.05, 0) is 18.6 Å². The second-order valence-corrected chi connectivity index (χ2v) is 5.68. The Morgan fingerprint density at radius 1 is 1.47 bits per heavy atom. The first-order valence-corrected chi connectivity index (χ1v) is 6.45. The smallest absolute Gasteiger partial charge is 0.0603 e. The van der Waals surface area contributed by atoms with Crippen LogP contribution in [-0.2, 0) is 0 Å². The van der Waals surface area contributed by atoms with Crippen molar-refractivity contribution in [3.63, 3.8) is 0 Å². The minimum atomic E-state index is 0.707. The van der Waals surface area contributed by atoms with Gasteiger partial charge in [-0.3, -0.25) is 0 Å². The first-order valence-electron chi connectivity index (χ1n) is 5.40. The molecule has 1 aromatic carbocycles. The van der Waals surface area contributed by atoms with Gasteiger partial charge in [0.1, 0.15) is 0 Å². The van der Waals surface area contributed by atoms with Gasteiger partial charge in [-0.15, -0.1) is 0 Å². The van der Waals surface area contributed by atoms with E-state index in [1.807, 2.05) is 11.8 Å². The highest BCUT2D eigenvalue weighted by Crippen LogP contribution is 2.29. The average molecular weight is 222 g/mol. The molecule has 1 aromatic rings. The molecule has 2 nitrogen and oxygen atoms in total. The second kappa shape index (κ2) is 4.35. The maximum absolute atomic E-state index is 6.11. The summed E-state index contributed by atoms with van der Waals surface area (Å²) >= 11 is 2.04. The number of nitrogens with zero attached hydrogens (tertiary/aromatic N) is 1. The summed E-state index contributed by atoms with van der Waals surface area (Å²) in [6.45, 7) is 6.57. The molecule has 0 spiro atoms. The molecule has 1 heterocycles. The van der Waals surface area contributed by atoms with Gasteiger partial charge in [0, 0.05) is 24.1 Å². The third-order valence-corrected chi connectivity index (χ3v) is 4.02. The van der Waals surface area contributed by atoms with Crippen molar-refractivity contribution in [2.45, 2.75) is 19.1 Å². The lowest BCUT2D eigenvalue weighted by Gasteiger charge is -2.33. The van der Waals surface area contributed by atoms with E-state index in [1.54, 1.807) is 0 Å². The van der Waals surface area contributed by atoms with Gasteiger partial charge in [0.05, 0.1) is 11.4 Å². The van der Waals surface area contributed by atoms with Gasteiger partial charge in [0.25, 0.3) is 0 Å². The Morgan fingerprint density at radius 2 is 2.27 bits per heavy atom. The Kier molecular flexibility index (Phi) is 3.10. The highest BCUT2D eigenvalue weighted by Gasteiger charge is 2.18. The monoisotopic (exact) mass is 222 g/mol. The molecule has 0 saturated carbocycles. The number of anilines is 2. The molecular weight excluding hydrogens is 204 g/mol. The zero-order valence-electron chi connectivity index (χ0n) is 9.36. The molecule has 0 aliphatic carbocycles. The predicted molar refractivity (Wildman–Crippen MR) is 69.7 cm³/mol. The maximum atomic E-state index is 6.11. The summed E-state index contributed by atoms with van der Waals surface area (Å²) in [5, 5.41) is 0.707. The van der Waals surface area contributed by atoms with Gasteiger partial charge in [-0.25, -0.2) is 0 Å². The fourth-order valence-electron chi connectivity index (χ4n) is 1.98. The van der Waals surface area contributed by atoms with Crippen LogP contribution in [0.25, 0.3) is 0 Å². The van der Waals surface area contributed by atoms with Crippen LogP contribution in [0.3, 0.4) is 0 Å². The van der Waals surface area contributed by atoms with Crippen LogP contribution < -0.4 is 10.6 Å². The standard InChI is InChI=1S/C12H18N2S/c1-9-4-3-5-11(12(9)13)14-6-7-15-10(2)8-14/h3-5,10H,6-8,13H2,1-2H3. The number of hydrogen-bond donors (Lipinski definition) is 1. The van der Waals surface area contributed by atoms with E-state index in [2.05, 4.69) is 36.9 Å². The van der Waals surface area contributed by atoms with Crippen molar-refractivity contribution >= 4 is 23.1 Å². The number of benzene rings is 1. The Balaban J connectivity index is 2.24. The van der Waals surface area contributed by atoms with E-state index < -0.39 is 0 Å². The molecule has 0 bridgehead atoms. The number of para-hydroxylation sites is 1. The zero-order chi connectivity index (χ0) is 10.8. The quantitative estimate of drug-likeness (QED) is 0.740. The van der Waals surface area contributed by atoms with Crippen LogP contribution >= 0.6 is 11.8 Å². The number of rotatable bonds is 1. The molecular formula is C12H18N2S. The normalized spacial score (nSPS) is 21.7. The first-order chi connectivity index (χ1) is 7.18. The molecule has 1 aliphatic heterocycles. The van der Waals surface area contributed by atoms with Crippen LogP contribution in [0.5, 0.6) is 0 Å². The van der Waals surface area contributed by atoms with Gasteiger partial charge < -0.3 is 10.6 Å². The largest absolute Gasteiger partial charge is 0.397 e. The van der Waals surface area contributed by atoms with Crippen LogP contribution in [0, 0.1) is 6.92 Å². The van der Waals surface area contributed by atoms with E-state index in [-0.39, 0.29) is 0 Å². The van der Waals surface area contributed by atoms with Gasteiger partial charge in [0.2, 0.25) is 0 Å². The van der Waals surface area contributed by atoms with Crippen molar-refractivity contribution in [3.05, 3.63) is 23.8 Å². The predicted octanol–water partition coefficient (Wildman–Crippen LogP) is 2.52. The number of nitrogen functional groups attached to an aromatic ring is 1. The SMILES string of the molecule is Cc1cccc(N2CCSC(C)C2)c1N. The molecule has 2 N–H and O–H groups in total. The van der Waals surface area contributed by atoms with Crippen molar-refractivity contribution < 1.29 is 0 Å². The van der Waals surface area contributed by atoms with Crippen molar-refractivity contribution in [1.82, 2.24) is 0 Å². The lowest BCUT2D eigenvalue weighted by Crippen LogP contribution is -2.37. The minimum absolute atomic E-state index is 0.707. The molecule has 0 radical (unpaired) electrons. The van der Waals surface area contributed by atoms with Crippen molar-refractivity contribution in [2.24, 2.45) is 0 Å². The number of nitrogens with two attached hydrogens (primary N) is 1. The number of thioether (sulfide) groups is 1. The zero-order valence-corrected chi connectivity index (χ0v) is 10.2. The topological polar surface area (TPSA) is 29.3 Å². The second-order valence-electron chi connectivity index (χ2n) is 4.14. The Morgan fingerprint density at radius 3 is 3.00 bits per heavy atom. The van der Waals surface area contributed by atoms with E-state index in [4.69, 9.17) is 5.73 Å². The maximum Gasteiger partial charge on any atom is 0.0603 e. The van der Waals surface area contributed by atoms with Crippen molar-refractivity contribution in [3.8, 4) is 0 Å². The highest BCUT2D eigenvalue weighted by molar-refractivity contribution is 8.00. The molecule has 0 aromatic heterocycles. The molecule has 15 heavy (non-hydrogen) atoms. The Labute approximate surface area is 95.8 Å². The van der Waals surface area contributed by atoms with Gasteiger partial charge >= 0.3 is 0 Å². The molecule has 1 fully saturated rings. The van der Waals surface area contributed by atoms with E-state index >= 15 is 0 Å². The van der Waals surface area contributed by atoms with Crippen molar-refractivity contribution in [1.29, 1.82) is 0 Å². The molecule has 1 unspecified atom stereocenters. The summed E-state index contributed by atoms with van der Waals surface area (Å²) < 4.78 is 0. The van der Waals surface area contributed by atoms with Gasteiger partial charge in [-0.2, -0.15) is 11.8 Å². The molecule has 1 aliphatic rings. The van der Waals surface area contributed by atoms with Crippen LogP contribution in [0.1, 0.15) is 12.5 Å². The summed E-state index contributed by atoms with van der Waals surface area (Å²) in [7, 11) is 0. The fraction of sp³-hybridized carbons (Fsp3) is 0.500. The fourth-order valence-corrected chi connectivity index (χ4v) is 2.99. The number of hydrogen-bond acceptors (Lipinski definition) is 3. The lowest BCUT2D eigenvalue weighted by molar-refractivity contribution is 0.783. The third kappa shape index (κ3) is 2.23. The molecule has 1 saturated heterocycles. The van der Waals surface area contributed by atoms with E-state index in [0.717, 1.165) is 18.8 Å². The molecule has 1 atom stereocenters. The Hall–Kier alpha value is -0.830. The molecule has 3 heteroatoms. The molecule has 2 rings (SSSR count). The minimum Gasteiger partial charge on any atom is -0.397 e. The van der Waals surface area contributed by atoms with Gasteiger partial charge in [0.15, 0.2) is 0 Å². The lowest BCUT2D eigenvalue weighted by atomic mass is 10.1. The van der Waals surface area contributed by atoms with Crippen molar-refractivity contribution in [2.75, 3.05) is 29.5 Å². The van der Waals surface area contributed by atoms with E-state index in [1.165, 1.54) is 17.0 Å². The van der Waals surface area contributed by atoms with Gasteiger partial charge in [-0.1, -0.05) is 19.1 Å². The number of aryl methyl sites for hydroxylation is 1. The summed E-state index contributed by atoms with van der Waals surface area (Å²) in [6.07, 6.45) is 0. The van der Waals surface area contributed by atoms with Crippen LogP contribution in [0.4, 0.5) is 11.4 Å². The van der Waals surface area contributed by atoms with E-state index in [9.17, 15) is 0 Å². The summed E-state index contributed by atoms with van der Waals surface area (Å²) in [6, 6.07) is 6.29. The molecule has 0 amide bonds. The van der Waals surface area contributed by atoms with E-state index in [0.29, 0.717) is 5.25 Å². The van der Waals surface area contributed by atoms with Crippen LogP contribution in [0.2, 0.25) is 0 Å². The molecule has 82 valence electrons. The summed E-state index contributed by atoms with van der Waals surface area (Å²) in [5.41, 5.74) is 9.44. The summed E-state index contributed by atoms with van der Waals surface area (Å²) in [5.74, 6) is 1.20. The first kappa shape index (κ1) is 10.7. The third-order valence-electron chi connectivity index (χ3n) is 2.88. The Bertz CT molecular complexity index is 351. The van der Waals surface area contributed by atoms with Crippen LogP contribution in [-0.4, -0.2) is 24.1 Å². The van der Waals surface area contributed by atoms with Crippen LogP contribution in [0.15, 0.2) is 18.2 Å². The summed E-state index contributed by atoms with van der Waals surface area (Å²) in [4.78, 5) is 2.41. The highest BCUT2D eigenvalue weighted by atomic mass is 32.2. The average Bonchev–Trinajstić information content (AvgIpc) is 2.22.